The Kier molecular flexibility index (Phi) is 10.9. The molecule has 0 N–H and O–H groups in total. The minimum atomic E-state index is -0.615. The number of fused-ring (bicyclic) bond motifs is 3. The lowest BCUT2D eigenvalue weighted by molar-refractivity contribution is -0.382. The van der Waals surface area contributed by atoms with Gasteiger partial charge in [-0.3, -0.25) is 10.1 Å². The molecule has 40 heavy (non-hydrogen) atoms. The topological polar surface area (TPSA) is 130 Å². The molecule has 0 aliphatic heterocycles. The molecule has 3 aromatic rings. The zero-order valence-electron chi connectivity index (χ0n) is 23.7. The van der Waals surface area contributed by atoms with Gasteiger partial charge in [-0.05, 0) is 43.0 Å². The SMILES string of the molecule is CCCCC(CC)Cc1cc(/C(C)=N/OC(C)=O)cc2c1sc1c([N+](=O)[O-])cc(/C(COC)=N/OC(C)=O)cc12. The number of thiophene rings is 1. The van der Waals surface area contributed by atoms with Gasteiger partial charge in [-0.25, -0.2) is 9.59 Å². The summed E-state index contributed by atoms with van der Waals surface area (Å²) in [6.45, 7) is 8.60. The molecule has 1 unspecified atom stereocenters. The Morgan fingerprint density at radius 2 is 1.62 bits per heavy atom. The maximum absolute atomic E-state index is 12.2. The number of carbonyl (C=O) groups excluding carboxylic acids is 2. The van der Waals surface area contributed by atoms with Crippen LogP contribution in [0.2, 0.25) is 0 Å². The Morgan fingerprint density at radius 1 is 0.975 bits per heavy atom. The van der Waals surface area contributed by atoms with Crippen molar-refractivity contribution in [3.8, 4) is 0 Å². The van der Waals surface area contributed by atoms with Crippen molar-refractivity contribution in [3.05, 3.63) is 51.1 Å². The average molecular weight is 570 g/mol. The fourth-order valence-corrected chi connectivity index (χ4v) is 5.83. The maximum Gasteiger partial charge on any atom is 0.331 e. The van der Waals surface area contributed by atoms with Crippen LogP contribution in [-0.4, -0.2) is 42.0 Å². The molecular formula is C29H35N3O7S. The molecule has 214 valence electrons. The quantitative estimate of drug-likeness (QED) is 0.0945. The second-order valence-corrected chi connectivity index (χ2v) is 10.7. The summed E-state index contributed by atoms with van der Waals surface area (Å²) < 4.78 is 6.72. The van der Waals surface area contributed by atoms with Crippen LogP contribution in [0.5, 0.6) is 0 Å². The van der Waals surface area contributed by atoms with E-state index in [-0.39, 0.29) is 18.0 Å². The van der Waals surface area contributed by atoms with E-state index in [2.05, 4.69) is 24.2 Å². The van der Waals surface area contributed by atoms with Crippen LogP contribution in [0.4, 0.5) is 5.69 Å². The standard InChI is InChI=1S/C29H35N3O7S/c1-7-9-10-20(8-2)11-23-12-21(17(3)30-38-18(4)33)13-24-25-14-22(26(16-37-6)31-39-19(5)34)15-27(32(35)36)29(25)40-28(23)24/h12-15,20H,7-11,16H2,1-6H3/b30-17+,31-26+. The first-order valence-electron chi connectivity index (χ1n) is 13.2. The van der Waals surface area contributed by atoms with Gasteiger partial charge < -0.3 is 14.4 Å². The predicted molar refractivity (Wildman–Crippen MR) is 157 cm³/mol. The van der Waals surface area contributed by atoms with Gasteiger partial charge in [-0.2, -0.15) is 0 Å². The molecule has 11 heteroatoms. The molecule has 0 saturated carbocycles. The van der Waals surface area contributed by atoms with Crippen molar-refractivity contribution in [1.82, 2.24) is 0 Å². The van der Waals surface area contributed by atoms with Crippen LogP contribution < -0.4 is 0 Å². The van der Waals surface area contributed by atoms with Crippen molar-refractivity contribution < 1.29 is 28.9 Å². The second-order valence-electron chi connectivity index (χ2n) is 9.68. The summed E-state index contributed by atoms with van der Waals surface area (Å²) >= 11 is 1.39. The number of benzene rings is 2. The molecule has 1 aromatic heterocycles. The number of rotatable bonds is 13. The van der Waals surface area contributed by atoms with Gasteiger partial charge in [0.2, 0.25) is 0 Å². The highest BCUT2D eigenvalue weighted by Crippen LogP contribution is 2.43. The minimum Gasteiger partial charge on any atom is -0.378 e. The number of hydrogen-bond donors (Lipinski definition) is 0. The number of nitro groups is 1. The number of ether oxygens (including phenoxy) is 1. The van der Waals surface area contributed by atoms with E-state index in [4.69, 9.17) is 14.4 Å². The highest BCUT2D eigenvalue weighted by Gasteiger charge is 2.23. The molecule has 0 spiro atoms. The van der Waals surface area contributed by atoms with Crippen LogP contribution in [0.25, 0.3) is 20.2 Å². The van der Waals surface area contributed by atoms with Gasteiger partial charge >= 0.3 is 11.9 Å². The van der Waals surface area contributed by atoms with Crippen molar-refractivity contribution >= 4 is 60.6 Å². The lowest BCUT2D eigenvalue weighted by Crippen LogP contribution is -2.11. The number of nitro benzene ring substituents is 1. The summed E-state index contributed by atoms with van der Waals surface area (Å²) in [7, 11) is 1.46. The van der Waals surface area contributed by atoms with Crippen molar-refractivity contribution in [3.63, 3.8) is 0 Å². The number of carbonyl (C=O) groups is 2. The first kappa shape index (κ1) is 30.8. The predicted octanol–water partition coefficient (Wildman–Crippen LogP) is 6.92. The number of hydrogen-bond acceptors (Lipinski definition) is 10. The van der Waals surface area contributed by atoms with Gasteiger partial charge in [0.1, 0.15) is 10.4 Å². The van der Waals surface area contributed by atoms with Crippen LogP contribution in [0.3, 0.4) is 0 Å². The number of oxime groups is 2. The summed E-state index contributed by atoms with van der Waals surface area (Å²) in [6.07, 6.45) is 5.13. The van der Waals surface area contributed by atoms with E-state index in [1.807, 2.05) is 18.2 Å². The molecule has 3 rings (SSSR count). The average Bonchev–Trinajstić information content (AvgIpc) is 3.29. The van der Waals surface area contributed by atoms with E-state index in [1.54, 1.807) is 6.92 Å². The highest BCUT2D eigenvalue weighted by molar-refractivity contribution is 7.26. The third kappa shape index (κ3) is 7.48. The lowest BCUT2D eigenvalue weighted by Gasteiger charge is -2.16. The molecule has 0 bridgehead atoms. The van der Waals surface area contributed by atoms with E-state index >= 15 is 0 Å². The molecule has 1 heterocycles. The first-order valence-corrected chi connectivity index (χ1v) is 14.0. The van der Waals surface area contributed by atoms with Crippen LogP contribution in [0.15, 0.2) is 34.6 Å². The molecule has 2 aromatic carbocycles. The normalized spacial score (nSPS) is 13.1. The van der Waals surface area contributed by atoms with Crippen LogP contribution in [0.1, 0.15) is 77.0 Å². The van der Waals surface area contributed by atoms with Crippen LogP contribution >= 0.6 is 11.3 Å². The fourth-order valence-electron chi connectivity index (χ4n) is 4.55. The van der Waals surface area contributed by atoms with Gasteiger partial charge in [0.25, 0.3) is 5.69 Å². The second kappa shape index (κ2) is 14.1. The molecule has 0 saturated heterocycles. The zero-order chi connectivity index (χ0) is 29.4. The van der Waals surface area contributed by atoms with E-state index in [0.29, 0.717) is 27.3 Å². The Labute approximate surface area is 237 Å². The monoisotopic (exact) mass is 569 g/mol. The molecule has 0 aliphatic carbocycles. The fraction of sp³-hybridized carbons (Fsp3) is 0.448. The Bertz CT molecular complexity index is 1480. The number of nitrogens with zero attached hydrogens (tertiary/aromatic N) is 3. The van der Waals surface area contributed by atoms with Crippen LogP contribution in [0, 0.1) is 16.0 Å². The number of non-ortho nitro benzene ring substituents is 1. The summed E-state index contributed by atoms with van der Waals surface area (Å²) in [4.78, 5) is 44.3. The van der Waals surface area contributed by atoms with Crippen molar-refractivity contribution in [1.29, 1.82) is 0 Å². The van der Waals surface area contributed by atoms with Gasteiger partial charge in [0.05, 0.1) is 17.2 Å². The van der Waals surface area contributed by atoms with Crippen molar-refractivity contribution in [2.45, 2.75) is 66.7 Å². The molecule has 0 fully saturated rings. The van der Waals surface area contributed by atoms with E-state index in [0.717, 1.165) is 53.3 Å². The maximum atomic E-state index is 12.2. The molecule has 0 amide bonds. The highest BCUT2D eigenvalue weighted by atomic mass is 32.1. The first-order chi connectivity index (χ1) is 19.1. The minimum absolute atomic E-state index is 0.0156. The number of methoxy groups -OCH3 is 1. The van der Waals surface area contributed by atoms with Gasteiger partial charge in [-0.1, -0.05) is 49.8 Å². The summed E-state index contributed by atoms with van der Waals surface area (Å²) in [6, 6.07) is 7.20. The lowest BCUT2D eigenvalue weighted by atomic mass is 9.90. The van der Waals surface area contributed by atoms with Crippen molar-refractivity contribution in [2.24, 2.45) is 16.2 Å². The Hall–Kier alpha value is -3.70. The number of unbranched alkanes of at least 4 members (excludes halogenated alkanes) is 1. The zero-order valence-corrected chi connectivity index (χ0v) is 24.6. The molecule has 1 atom stereocenters. The molecule has 0 radical (unpaired) electrons. The van der Waals surface area contributed by atoms with E-state index in [1.165, 1.54) is 38.4 Å². The summed E-state index contributed by atoms with van der Waals surface area (Å²) in [5.74, 6) is -0.690. The van der Waals surface area contributed by atoms with Gasteiger partial charge in [0.15, 0.2) is 0 Å². The Balaban J connectivity index is 2.35. The van der Waals surface area contributed by atoms with E-state index < -0.39 is 16.9 Å². The molecular weight excluding hydrogens is 534 g/mol. The smallest absolute Gasteiger partial charge is 0.331 e. The molecule has 10 nitrogen and oxygen atoms in total. The van der Waals surface area contributed by atoms with Crippen molar-refractivity contribution in [2.75, 3.05) is 13.7 Å². The molecule has 0 aliphatic rings. The summed E-state index contributed by atoms with van der Waals surface area (Å²) in [5.41, 5.74) is 2.92. The van der Waals surface area contributed by atoms with E-state index in [9.17, 15) is 19.7 Å². The Morgan fingerprint density at radius 3 is 2.23 bits per heavy atom. The summed E-state index contributed by atoms with van der Waals surface area (Å²) in [5, 5.41) is 21.6. The van der Waals surface area contributed by atoms with Gasteiger partial charge in [-0.15, -0.1) is 11.3 Å². The largest absolute Gasteiger partial charge is 0.378 e. The third-order valence-corrected chi connectivity index (χ3v) is 7.93. The van der Waals surface area contributed by atoms with Crippen LogP contribution in [-0.2, 0) is 30.4 Å². The van der Waals surface area contributed by atoms with Gasteiger partial charge in [0, 0.05) is 53.6 Å². The third-order valence-electron chi connectivity index (χ3n) is 6.61.